The van der Waals surface area contributed by atoms with Gasteiger partial charge in [-0.2, -0.15) is 16.1 Å². The van der Waals surface area contributed by atoms with Crippen LogP contribution in [0.2, 0.25) is 0 Å². The number of aromatic amines is 1. The second-order valence-corrected chi connectivity index (χ2v) is 7.82. The summed E-state index contributed by atoms with van der Waals surface area (Å²) in [6.07, 6.45) is 2.13. The molecule has 2 rings (SSSR count). The van der Waals surface area contributed by atoms with Gasteiger partial charge >= 0.3 is 0 Å². The van der Waals surface area contributed by atoms with Gasteiger partial charge in [0.15, 0.2) is 5.03 Å². The fraction of sp³-hybridized carbons (Fsp3) is 0.727. The molecule has 0 amide bonds. The molecule has 2 unspecified atom stereocenters. The number of hydrogen-bond donors (Lipinski definition) is 1. The molecule has 1 N–H and O–H groups in total. The van der Waals surface area contributed by atoms with E-state index in [-0.39, 0.29) is 11.1 Å². The van der Waals surface area contributed by atoms with E-state index >= 15 is 0 Å². The maximum absolute atomic E-state index is 12.5. The van der Waals surface area contributed by atoms with Gasteiger partial charge in [-0.05, 0) is 6.92 Å². The van der Waals surface area contributed by atoms with Gasteiger partial charge in [0.2, 0.25) is 0 Å². The van der Waals surface area contributed by atoms with Crippen molar-refractivity contribution in [1.82, 2.24) is 14.3 Å². The van der Waals surface area contributed by atoms with Crippen LogP contribution in [0.1, 0.15) is 26.6 Å². The molecule has 0 aromatic carbocycles. The lowest BCUT2D eigenvalue weighted by Crippen LogP contribution is -2.47. The van der Waals surface area contributed by atoms with Crippen molar-refractivity contribution in [3.63, 3.8) is 0 Å². The number of aromatic nitrogens is 2. The smallest absolute Gasteiger partial charge is 0.260 e. The average molecular weight is 289 g/mol. The van der Waals surface area contributed by atoms with Gasteiger partial charge in [0, 0.05) is 30.0 Å². The third kappa shape index (κ3) is 2.44. The molecule has 0 aliphatic carbocycles. The van der Waals surface area contributed by atoms with Crippen molar-refractivity contribution in [2.45, 2.75) is 43.5 Å². The second-order valence-electron chi connectivity index (χ2n) is 4.48. The van der Waals surface area contributed by atoms with E-state index in [2.05, 4.69) is 16.9 Å². The molecular weight excluding hydrogens is 270 g/mol. The summed E-state index contributed by atoms with van der Waals surface area (Å²) in [4.78, 5) is 6.96. The van der Waals surface area contributed by atoms with Crippen molar-refractivity contribution in [3.8, 4) is 0 Å². The van der Waals surface area contributed by atoms with Crippen LogP contribution in [-0.2, 0) is 16.4 Å². The van der Waals surface area contributed by atoms with Gasteiger partial charge in [-0.25, -0.2) is 13.4 Å². The summed E-state index contributed by atoms with van der Waals surface area (Å²) in [5.41, 5.74) is 0. The summed E-state index contributed by atoms with van der Waals surface area (Å²) in [6, 6.07) is 0.0159. The monoisotopic (exact) mass is 289 g/mol. The third-order valence-electron chi connectivity index (χ3n) is 3.35. The van der Waals surface area contributed by atoms with Crippen molar-refractivity contribution >= 4 is 21.8 Å². The number of thioether (sulfide) groups is 1. The number of aryl methyl sites for hydroxylation is 1. The molecule has 1 saturated heterocycles. The van der Waals surface area contributed by atoms with E-state index in [0.717, 1.165) is 5.75 Å². The first kappa shape index (κ1) is 13.9. The maximum Gasteiger partial charge on any atom is 0.260 e. The fourth-order valence-electron chi connectivity index (χ4n) is 2.03. The predicted octanol–water partition coefficient (Wildman–Crippen LogP) is 1.49. The molecule has 5 nitrogen and oxygen atoms in total. The number of imidazole rings is 1. The molecule has 0 radical (unpaired) electrons. The summed E-state index contributed by atoms with van der Waals surface area (Å²) >= 11 is 1.82. The lowest BCUT2D eigenvalue weighted by atomic mass is 10.2. The zero-order valence-corrected chi connectivity index (χ0v) is 12.5. The summed E-state index contributed by atoms with van der Waals surface area (Å²) in [7, 11) is -3.43. The van der Waals surface area contributed by atoms with E-state index < -0.39 is 10.0 Å². The minimum Gasteiger partial charge on any atom is -0.332 e. The highest BCUT2D eigenvalue weighted by molar-refractivity contribution is 8.00. The molecule has 1 aromatic heterocycles. The molecule has 1 aromatic rings. The van der Waals surface area contributed by atoms with Gasteiger partial charge in [0.1, 0.15) is 5.82 Å². The van der Waals surface area contributed by atoms with Crippen molar-refractivity contribution in [2.24, 2.45) is 0 Å². The Hall–Kier alpha value is -0.530. The van der Waals surface area contributed by atoms with E-state index in [4.69, 9.17) is 0 Å². The maximum atomic E-state index is 12.5. The molecule has 1 fully saturated rings. The van der Waals surface area contributed by atoms with E-state index in [1.807, 2.05) is 25.6 Å². The Morgan fingerprint density at radius 1 is 1.56 bits per heavy atom. The van der Waals surface area contributed by atoms with Crippen LogP contribution in [0.15, 0.2) is 11.2 Å². The van der Waals surface area contributed by atoms with Crippen LogP contribution in [0.3, 0.4) is 0 Å². The molecule has 0 saturated carbocycles. The van der Waals surface area contributed by atoms with Crippen molar-refractivity contribution in [3.05, 3.63) is 12.0 Å². The third-order valence-corrected chi connectivity index (χ3v) is 6.59. The molecule has 0 bridgehead atoms. The summed E-state index contributed by atoms with van der Waals surface area (Å²) in [5.74, 6) is 1.56. The highest BCUT2D eigenvalue weighted by Crippen LogP contribution is 2.28. The second kappa shape index (κ2) is 5.22. The van der Waals surface area contributed by atoms with E-state index in [1.54, 1.807) is 4.31 Å². The van der Waals surface area contributed by atoms with Crippen LogP contribution in [0, 0.1) is 0 Å². The van der Waals surface area contributed by atoms with Crippen molar-refractivity contribution in [2.75, 3.05) is 12.3 Å². The first-order chi connectivity index (χ1) is 8.46. The first-order valence-electron chi connectivity index (χ1n) is 6.14. The van der Waals surface area contributed by atoms with Gasteiger partial charge in [-0.1, -0.05) is 13.8 Å². The summed E-state index contributed by atoms with van der Waals surface area (Å²) < 4.78 is 26.6. The van der Waals surface area contributed by atoms with Gasteiger partial charge < -0.3 is 4.98 Å². The van der Waals surface area contributed by atoms with E-state index in [9.17, 15) is 8.42 Å². The Bertz CT molecular complexity index is 512. The van der Waals surface area contributed by atoms with Crippen LogP contribution in [0.4, 0.5) is 0 Å². The Balaban J connectivity index is 2.30. The van der Waals surface area contributed by atoms with Gasteiger partial charge in [-0.15, -0.1) is 0 Å². The average Bonchev–Trinajstić information content (AvgIpc) is 2.81. The Morgan fingerprint density at radius 3 is 2.89 bits per heavy atom. The van der Waals surface area contributed by atoms with Crippen LogP contribution in [0.5, 0.6) is 0 Å². The Labute approximate surface area is 112 Å². The van der Waals surface area contributed by atoms with Gasteiger partial charge in [-0.3, -0.25) is 0 Å². The minimum absolute atomic E-state index is 0.0159. The van der Waals surface area contributed by atoms with Gasteiger partial charge in [0.05, 0.1) is 6.20 Å². The standard InChI is InChI=1S/C11H19N3O2S2/c1-4-10-12-7-11(13-10)18(15,16)14-5-6-17-9(3)8(14)2/h7-9H,4-6H2,1-3H3,(H,12,13). The predicted molar refractivity (Wildman–Crippen MR) is 73.2 cm³/mol. The first-order valence-corrected chi connectivity index (χ1v) is 8.63. The largest absolute Gasteiger partial charge is 0.332 e. The number of H-pyrrole nitrogens is 1. The lowest BCUT2D eigenvalue weighted by molar-refractivity contribution is 0.339. The van der Waals surface area contributed by atoms with Gasteiger partial charge in [0.25, 0.3) is 10.0 Å². The molecule has 7 heteroatoms. The summed E-state index contributed by atoms with van der Waals surface area (Å²) in [6.45, 7) is 6.55. The molecule has 0 spiro atoms. The summed E-state index contributed by atoms with van der Waals surface area (Å²) in [5, 5.41) is 0.535. The SMILES string of the molecule is CCc1ncc(S(=O)(=O)N2CCSC(C)C2C)[nH]1. The van der Waals surface area contributed by atoms with E-state index in [1.165, 1.54) is 6.20 Å². The molecule has 2 heterocycles. The molecule has 18 heavy (non-hydrogen) atoms. The number of sulfonamides is 1. The van der Waals surface area contributed by atoms with Crippen LogP contribution >= 0.6 is 11.8 Å². The van der Waals surface area contributed by atoms with Crippen molar-refractivity contribution in [1.29, 1.82) is 0 Å². The highest BCUT2D eigenvalue weighted by Gasteiger charge is 2.35. The fourth-order valence-corrected chi connectivity index (χ4v) is 4.95. The quantitative estimate of drug-likeness (QED) is 0.915. The molecule has 1 aliphatic rings. The normalized spacial score (nSPS) is 26.4. The zero-order valence-electron chi connectivity index (χ0n) is 10.9. The minimum atomic E-state index is -3.43. The van der Waals surface area contributed by atoms with E-state index in [0.29, 0.717) is 24.0 Å². The Morgan fingerprint density at radius 2 is 2.28 bits per heavy atom. The van der Waals surface area contributed by atoms with Crippen LogP contribution in [-0.4, -0.2) is 46.3 Å². The van der Waals surface area contributed by atoms with Crippen LogP contribution < -0.4 is 0 Å². The lowest BCUT2D eigenvalue weighted by Gasteiger charge is -2.35. The number of nitrogens with one attached hydrogen (secondary N) is 1. The zero-order chi connectivity index (χ0) is 13.3. The molecular formula is C11H19N3O2S2. The molecule has 1 aliphatic heterocycles. The topological polar surface area (TPSA) is 66.1 Å². The number of hydrogen-bond acceptors (Lipinski definition) is 4. The molecule has 102 valence electrons. The highest BCUT2D eigenvalue weighted by atomic mass is 32.2. The number of rotatable bonds is 3. The number of nitrogens with zero attached hydrogens (tertiary/aromatic N) is 2. The van der Waals surface area contributed by atoms with Crippen LogP contribution in [0.25, 0.3) is 0 Å². The molecule has 2 atom stereocenters. The Kier molecular flexibility index (Phi) is 4.03. The van der Waals surface area contributed by atoms with Crippen molar-refractivity contribution < 1.29 is 8.42 Å².